The Kier molecular flexibility index (Phi) is 5.17. The fourth-order valence-electron chi connectivity index (χ4n) is 2.51. The number of likely N-dealkylation sites (N-methyl/N-ethyl adjacent to an activating group) is 2. The Bertz CT molecular complexity index is 473. The maximum absolute atomic E-state index is 12.5. The number of carbonyl (C=O) groups is 2. The number of hydrogen-bond acceptors (Lipinski definition) is 3. The molecule has 0 aliphatic heterocycles. The standard InChI is InChI=1S/C15H22N2O2S/c1-3-16-14(18)10-17(4-2)15(19)13-9-11-7-5-6-8-12(11)20-13/h9H,3-8,10H2,1-2H3,(H,16,18). The van der Waals surface area contributed by atoms with E-state index in [1.165, 1.54) is 23.3 Å². The van der Waals surface area contributed by atoms with Gasteiger partial charge in [0.2, 0.25) is 5.91 Å². The van der Waals surface area contributed by atoms with Gasteiger partial charge in [-0.1, -0.05) is 0 Å². The summed E-state index contributed by atoms with van der Waals surface area (Å²) in [5.74, 6) is -0.109. The van der Waals surface area contributed by atoms with Crippen molar-refractivity contribution in [3.63, 3.8) is 0 Å². The van der Waals surface area contributed by atoms with E-state index in [1.807, 2.05) is 19.9 Å². The van der Waals surface area contributed by atoms with Gasteiger partial charge in [-0.25, -0.2) is 0 Å². The normalized spacial score (nSPS) is 13.7. The summed E-state index contributed by atoms with van der Waals surface area (Å²) < 4.78 is 0. The molecule has 2 amide bonds. The monoisotopic (exact) mass is 294 g/mol. The van der Waals surface area contributed by atoms with E-state index in [4.69, 9.17) is 0 Å². The molecule has 1 heterocycles. The van der Waals surface area contributed by atoms with Crippen LogP contribution in [0, 0.1) is 0 Å². The number of fused-ring (bicyclic) bond motifs is 1. The third kappa shape index (κ3) is 3.39. The lowest BCUT2D eigenvalue weighted by Crippen LogP contribution is -2.40. The molecule has 1 aliphatic carbocycles. The van der Waals surface area contributed by atoms with Gasteiger partial charge in [0.05, 0.1) is 11.4 Å². The molecular weight excluding hydrogens is 272 g/mol. The highest BCUT2D eigenvalue weighted by Crippen LogP contribution is 2.30. The lowest BCUT2D eigenvalue weighted by molar-refractivity contribution is -0.121. The third-order valence-corrected chi connectivity index (χ3v) is 4.81. The minimum atomic E-state index is -0.0935. The van der Waals surface area contributed by atoms with Gasteiger partial charge in [0.15, 0.2) is 0 Å². The van der Waals surface area contributed by atoms with Crippen LogP contribution in [-0.4, -0.2) is 36.3 Å². The molecule has 1 aromatic rings. The van der Waals surface area contributed by atoms with E-state index in [-0.39, 0.29) is 18.4 Å². The molecule has 0 atom stereocenters. The minimum absolute atomic E-state index is 0.0156. The first-order chi connectivity index (χ1) is 9.65. The van der Waals surface area contributed by atoms with Gasteiger partial charge in [0.25, 0.3) is 5.91 Å². The van der Waals surface area contributed by atoms with Gasteiger partial charge in [0, 0.05) is 18.0 Å². The molecule has 1 aromatic heterocycles. The van der Waals surface area contributed by atoms with Gasteiger partial charge in [-0.2, -0.15) is 0 Å². The van der Waals surface area contributed by atoms with E-state index in [9.17, 15) is 9.59 Å². The van der Waals surface area contributed by atoms with Gasteiger partial charge in [0.1, 0.15) is 0 Å². The fraction of sp³-hybridized carbons (Fsp3) is 0.600. The molecule has 0 saturated carbocycles. The molecule has 0 spiro atoms. The topological polar surface area (TPSA) is 49.4 Å². The summed E-state index contributed by atoms with van der Waals surface area (Å²) in [6.07, 6.45) is 4.61. The highest BCUT2D eigenvalue weighted by Gasteiger charge is 2.22. The van der Waals surface area contributed by atoms with Gasteiger partial charge in [-0.3, -0.25) is 9.59 Å². The number of amides is 2. The Morgan fingerprint density at radius 2 is 2.05 bits per heavy atom. The Morgan fingerprint density at radius 1 is 1.30 bits per heavy atom. The summed E-state index contributed by atoms with van der Waals surface area (Å²) >= 11 is 1.60. The van der Waals surface area contributed by atoms with Crippen LogP contribution >= 0.6 is 11.3 Å². The predicted octanol–water partition coefficient (Wildman–Crippen LogP) is 2.23. The molecule has 1 N–H and O–H groups in total. The van der Waals surface area contributed by atoms with E-state index in [0.717, 1.165) is 17.7 Å². The summed E-state index contributed by atoms with van der Waals surface area (Å²) in [6.45, 7) is 5.08. The van der Waals surface area contributed by atoms with Crippen molar-refractivity contribution in [2.75, 3.05) is 19.6 Å². The summed E-state index contributed by atoms with van der Waals surface area (Å²) in [7, 11) is 0. The summed E-state index contributed by atoms with van der Waals surface area (Å²) in [5.41, 5.74) is 1.33. The zero-order valence-electron chi connectivity index (χ0n) is 12.2. The first-order valence-corrected chi connectivity index (χ1v) is 8.14. The summed E-state index contributed by atoms with van der Waals surface area (Å²) in [4.78, 5) is 27.9. The Balaban J connectivity index is 2.08. The van der Waals surface area contributed by atoms with Crippen molar-refractivity contribution in [2.45, 2.75) is 39.5 Å². The van der Waals surface area contributed by atoms with E-state index in [2.05, 4.69) is 5.32 Å². The second-order valence-corrected chi connectivity index (χ2v) is 6.18. The van der Waals surface area contributed by atoms with Gasteiger partial charge < -0.3 is 10.2 Å². The molecule has 0 unspecified atom stereocenters. The van der Waals surface area contributed by atoms with E-state index < -0.39 is 0 Å². The maximum Gasteiger partial charge on any atom is 0.264 e. The van der Waals surface area contributed by atoms with Crippen LogP contribution in [0.4, 0.5) is 0 Å². The highest BCUT2D eigenvalue weighted by molar-refractivity contribution is 7.14. The lowest BCUT2D eigenvalue weighted by Gasteiger charge is -2.19. The van der Waals surface area contributed by atoms with Gasteiger partial charge >= 0.3 is 0 Å². The van der Waals surface area contributed by atoms with Crippen LogP contribution in [0.5, 0.6) is 0 Å². The highest BCUT2D eigenvalue weighted by atomic mass is 32.1. The molecule has 0 fully saturated rings. The molecule has 4 nitrogen and oxygen atoms in total. The van der Waals surface area contributed by atoms with Crippen molar-refractivity contribution in [3.05, 3.63) is 21.4 Å². The number of nitrogens with one attached hydrogen (secondary N) is 1. The zero-order valence-corrected chi connectivity index (χ0v) is 13.0. The average molecular weight is 294 g/mol. The van der Waals surface area contributed by atoms with E-state index in [0.29, 0.717) is 13.1 Å². The lowest BCUT2D eigenvalue weighted by atomic mass is 9.99. The number of nitrogens with zero attached hydrogens (tertiary/aromatic N) is 1. The van der Waals surface area contributed by atoms with E-state index in [1.54, 1.807) is 16.2 Å². The molecule has 1 aliphatic rings. The van der Waals surface area contributed by atoms with Crippen molar-refractivity contribution < 1.29 is 9.59 Å². The third-order valence-electron chi connectivity index (χ3n) is 3.58. The fourth-order valence-corrected chi connectivity index (χ4v) is 3.73. The minimum Gasteiger partial charge on any atom is -0.355 e. The number of hydrogen-bond donors (Lipinski definition) is 1. The number of aryl methyl sites for hydroxylation is 2. The van der Waals surface area contributed by atoms with Crippen LogP contribution in [0.1, 0.15) is 46.8 Å². The molecule has 5 heteroatoms. The number of rotatable bonds is 5. The van der Waals surface area contributed by atoms with Crippen LogP contribution in [-0.2, 0) is 17.6 Å². The summed E-state index contributed by atoms with van der Waals surface area (Å²) in [6, 6.07) is 2.03. The maximum atomic E-state index is 12.5. The number of carbonyl (C=O) groups excluding carboxylic acids is 2. The SMILES string of the molecule is CCNC(=O)CN(CC)C(=O)c1cc2c(s1)CCCC2. The summed E-state index contributed by atoms with van der Waals surface area (Å²) in [5, 5.41) is 2.74. The molecule has 0 saturated heterocycles. The first kappa shape index (κ1) is 15.0. The van der Waals surface area contributed by atoms with E-state index >= 15 is 0 Å². The Morgan fingerprint density at radius 3 is 2.70 bits per heavy atom. The van der Waals surface area contributed by atoms with Crippen molar-refractivity contribution in [1.82, 2.24) is 10.2 Å². The first-order valence-electron chi connectivity index (χ1n) is 7.33. The molecule has 2 rings (SSSR count). The van der Waals surface area contributed by atoms with Crippen LogP contribution in [0.2, 0.25) is 0 Å². The van der Waals surface area contributed by atoms with Crippen LogP contribution < -0.4 is 5.32 Å². The Hall–Kier alpha value is -1.36. The predicted molar refractivity (Wildman–Crippen MR) is 81.2 cm³/mol. The molecular formula is C15H22N2O2S. The largest absolute Gasteiger partial charge is 0.355 e. The molecule has 110 valence electrons. The van der Waals surface area contributed by atoms with Crippen molar-refractivity contribution >= 4 is 23.2 Å². The smallest absolute Gasteiger partial charge is 0.264 e. The molecule has 0 aromatic carbocycles. The van der Waals surface area contributed by atoms with Crippen molar-refractivity contribution in [1.29, 1.82) is 0 Å². The molecule has 0 radical (unpaired) electrons. The van der Waals surface area contributed by atoms with Gasteiger partial charge in [-0.15, -0.1) is 11.3 Å². The average Bonchev–Trinajstić information content (AvgIpc) is 2.88. The van der Waals surface area contributed by atoms with Gasteiger partial charge in [-0.05, 0) is 51.2 Å². The number of thiophene rings is 1. The Labute approximate surface area is 124 Å². The molecule has 0 bridgehead atoms. The van der Waals surface area contributed by atoms with Crippen molar-refractivity contribution in [3.8, 4) is 0 Å². The zero-order chi connectivity index (χ0) is 14.5. The van der Waals surface area contributed by atoms with Crippen LogP contribution in [0.3, 0.4) is 0 Å². The quantitative estimate of drug-likeness (QED) is 0.905. The van der Waals surface area contributed by atoms with Crippen LogP contribution in [0.25, 0.3) is 0 Å². The van der Waals surface area contributed by atoms with Crippen LogP contribution in [0.15, 0.2) is 6.07 Å². The van der Waals surface area contributed by atoms with Crippen molar-refractivity contribution in [2.24, 2.45) is 0 Å². The second-order valence-electron chi connectivity index (χ2n) is 5.04. The molecule has 20 heavy (non-hydrogen) atoms. The second kappa shape index (κ2) is 6.88.